The number of hydrogen-bond acceptors (Lipinski definition) is 4. The molecule has 0 atom stereocenters. The molecule has 3 rings (SSSR count). The summed E-state index contributed by atoms with van der Waals surface area (Å²) in [6, 6.07) is 12.1. The summed E-state index contributed by atoms with van der Waals surface area (Å²) in [5.74, 6) is 0.713. The SMILES string of the molecule is Cc1ccc(N)c(Nc2ccc3sccc3c2)n1. The molecule has 0 aliphatic rings. The Kier molecular flexibility index (Phi) is 2.64. The first-order valence-corrected chi connectivity index (χ1v) is 6.58. The average molecular weight is 255 g/mol. The van der Waals surface area contributed by atoms with Gasteiger partial charge in [0.05, 0.1) is 5.69 Å². The van der Waals surface area contributed by atoms with Gasteiger partial charge in [0.2, 0.25) is 0 Å². The largest absolute Gasteiger partial charge is 0.396 e. The number of aromatic nitrogens is 1. The molecule has 0 aliphatic heterocycles. The molecule has 0 amide bonds. The molecule has 2 aromatic heterocycles. The summed E-state index contributed by atoms with van der Waals surface area (Å²) >= 11 is 1.74. The summed E-state index contributed by atoms with van der Waals surface area (Å²) in [5.41, 5.74) is 8.52. The summed E-state index contributed by atoms with van der Waals surface area (Å²) in [6.45, 7) is 1.95. The molecule has 3 aromatic rings. The van der Waals surface area contributed by atoms with Crippen LogP contribution >= 0.6 is 11.3 Å². The second-order valence-electron chi connectivity index (χ2n) is 4.19. The highest BCUT2D eigenvalue weighted by molar-refractivity contribution is 7.17. The number of anilines is 3. The van der Waals surface area contributed by atoms with Crippen molar-refractivity contribution in [2.75, 3.05) is 11.1 Å². The van der Waals surface area contributed by atoms with Gasteiger partial charge in [0, 0.05) is 16.1 Å². The second-order valence-corrected chi connectivity index (χ2v) is 5.14. The zero-order chi connectivity index (χ0) is 12.5. The van der Waals surface area contributed by atoms with E-state index in [0.29, 0.717) is 11.5 Å². The number of nitrogen functional groups attached to an aromatic ring is 1. The lowest BCUT2D eigenvalue weighted by Crippen LogP contribution is -1.99. The van der Waals surface area contributed by atoms with Crippen molar-refractivity contribution >= 4 is 38.6 Å². The third-order valence-corrected chi connectivity index (χ3v) is 3.68. The van der Waals surface area contributed by atoms with Gasteiger partial charge < -0.3 is 11.1 Å². The Morgan fingerprint density at radius 2 is 2.06 bits per heavy atom. The molecular weight excluding hydrogens is 242 g/mol. The fourth-order valence-electron chi connectivity index (χ4n) is 1.85. The third kappa shape index (κ3) is 2.02. The normalized spacial score (nSPS) is 10.7. The molecule has 0 unspecified atom stereocenters. The number of benzene rings is 1. The molecular formula is C14H13N3S. The maximum Gasteiger partial charge on any atom is 0.153 e. The Morgan fingerprint density at radius 3 is 2.94 bits per heavy atom. The van der Waals surface area contributed by atoms with Gasteiger partial charge in [-0.15, -0.1) is 11.3 Å². The predicted octanol–water partition coefficient (Wildman–Crippen LogP) is 3.93. The quantitative estimate of drug-likeness (QED) is 0.729. The van der Waals surface area contributed by atoms with Gasteiger partial charge in [-0.1, -0.05) is 0 Å². The molecule has 4 heteroatoms. The van der Waals surface area contributed by atoms with E-state index in [2.05, 4.69) is 33.9 Å². The lowest BCUT2D eigenvalue weighted by Gasteiger charge is -2.09. The van der Waals surface area contributed by atoms with Crippen molar-refractivity contribution < 1.29 is 0 Å². The van der Waals surface area contributed by atoms with Crippen molar-refractivity contribution in [3.05, 3.63) is 47.5 Å². The van der Waals surface area contributed by atoms with E-state index in [1.165, 1.54) is 10.1 Å². The number of nitrogens with two attached hydrogens (primary N) is 1. The van der Waals surface area contributed by atoms with Crippen LogP contribution in [0.1, 0.15) is 5.69 Å². The van der Waals surface area contributed by atoms with Crippen molar-refractivity contribution in [3.63, 3.8) is 0 Å². The van der Waals surface area contributed by atoms with E-state index >= 15 is 0 Å². The fraction of sp³-hybridized carbons (Fsp3) is 0.0714. The first-order valence-electron chi connectivity index (χ1n) is 5.70. The molecule has 0 spiro atoms. The highest BCUT2D eigenvalue weighted by atomic mass is 32.1. The molecule has 0 bridgehead atoms. The van der Waals surface area contributed by atoms with Crippen LogP contribution in [0.25, 0.3) is 10.1 Å². The van der Waals surface area contributed by atoms with Crippen molar-refractivity contribution in [2.45, 2.75) is 6.92 Å². The Bertz CT molecular complexity index is 703. The van der Waals surface area contributed by atoms with Crippen LogP contribution < -0.4 is 11.1 Å². The van der Waals surface area contributed by atoms with Crippen molar-refractivity contribution in [1.29, 1.82) is 0 Å². The van der Waals surface area contributed by atoms with Crippen LogP contribution in [0.4, 0.5) is 17.2 Å². The average Bonchev–Trinajstić information content (AvgIpc) is 2.81. The molecule has 0 radical (unpaired) electrons. The van der Waals surface area contributed by atoms with E-state index in [4.69, 9.17) is 5.73 Å². The number of thiophene rings is 1. The number of nitrogens with one attached hydrogen (secondary N) is 1. The van der Waals surface area contributed by atoms with Gasteiger partial charge in [-0.25, -0.2) is 4.98 Å². The van der Waals surface area contributed by atoms with E-state index in [9.17, 15) is 0 Å². The van der Waals surface area contributed by atoms with Crippen molar-refractivity contribution in [3.8, 4) is 0 Å². The van der Waals surface area contributed by atoms with Gasteiger partial charge in [-0.3, -0.25) is 0 Å². The summed E-state index contributed by atoms with van der Waals surface area (Å²) in [4.78, 5) is 4.40. The van der Waals surface area contributed by atoms with E-state index in [1.807, 2.05) is 25.1 Å². The van der Waals surface area contributed by atoms with Crippen molar-refractivity contribution in [1.82, 2.24) is 4.98 Å². The van der Waals surface area contributed by atoms with Crippen LogP contribution in [0.5, 0.6) is 0 Å². The van der Waals surface area contributed by atoms with Crippen LogP contribution in [-0.2, 0) is 0 Å². The second kappa shape index (κ2) is 4.31. The number of rotatable bonds is 2. The minimum atomic E-state index is 0.658. The first-order chi connectivity index (χ1) is 8.72. The van der Waals surface area contributed by atoms with Gasteiger partial charge in [-0.2, -0.15) is 0 Å². The van der Waals surface area contributed by atoms with Gasteiger partial charge in [0.25, 0.3) is 0 Å². The number of hydrogen-bond donors (Lipinski definition) is 2. The Labute approximate surface area is 109 Å². The zero-order valence-electron chi connectivity index (χ0n) is 9.97. The Morgan fingerprint density at radius 1 is 1.17 bits per heavy atom. The maximum atomic E-state index is 5.91. The standard InChI is InChI=1S/C14H13N3S/c1-9-2-4-12(15)14(16-9)17-11-3-5-13-10(8-11)6-7-18-13/h2-8H,15H2,1H3,(H,16,17). The van der Waals surface area contributed by atoms with Gasteiger partial charge in [0.15, 0.2) is 5.82 Å². The summed E-state index contributed by atoms with van der Waals surface area (Å²) in [5, 5.41) is 6.59. The monoisotopic (exact) mass is 255 g/mol. The lowest BCUT2D eigenvalue weighted by molar-refractivity contribution is 1.20. The van der Waals surface area contributed by atoms with Gasteiger partial charge >= 0.3 is 0 Å². The molecule has 3 N–H and O–H groups in total. The molecule has 18 heavy (non-hydrogen) atoms. The van der Waals surface area contributed by atoms with Crippen LogP contribution in [0.3, 0.4) is 0 Å². The minimum Gasteiger partial charge on any atom is -0.396 e. The van der Waals surface area contributed by atoms with Crippen molar-refractivity contribution in [2.24, 2.45) is 0 Å². The summed E-state index contributed by atoms with van der Waals surface area (Å²) in [7, 11) is 0. The molecule has 1 aromatic carbocycles. The predicted molar refractivity (Wildman–Crippen MR) is 78.5 cm³/mol. The van der Waals surface area contributed by atoms with E-state index in [1.54, 1.807) is 11.3 Å². The molecule has 0 fully saturated rings. The molecule has 0 saturated heterocycles. The number of aryl methyl sites for hydroxylation is 1. The lowest BCUT2D eigenvalue weighted by atomic mass is 10.2. The molecule has 0 aliphatic carbocycles. The van der Waals surface area contributed by atoms with Gasteiger partial charge in [-0.05, 0) is 54.1 Å². The third-order valence-electron chi connectivity index (χ3n) is 2.78. The van der Waals surface area contributed by atoms with E-state index in [0.717, 1.165) is 11.4 Å². The van der Waals surface area contributed by atoms with Crippen LogP contribution in [0.15, 0.2) is 41.8 Å². The minimum absolute atomic E-state index is 0.658. The molecule has 3 nitrogen and oxygen atoms in total. The molecule has 90 valence electrons. The smallest absolute Gasteiger partial charge is 0.153 e. The molecule has 0 saturated carbocycles. The number of pyridine rings is 1. The van der Waals surface area contributed by atoms with Crippen LogP contribution in [0.2, 0.25) is 0 Å². The number of fused-ring (bicyclic) bond motifs is 1. The highest BCUT2D eigenvalue weighted by Crippen LogP contribution is 2.27. The van der Waals surface area contributed by atoms with E-state index < -0.39 is 0 Å². The summed E-state index contributed by atoms with van der Waals surface area (Å²) in [6.07, 6.45) is 0. The Hall–Kier alpha value is -2.07. The van der Waals surface area contributed by atoms with Gasteiger partial charge in [0.1, 0.15) is 0 Å². The number of nitrogens with zero attached hydrogens (tertiary/aromatic N) is 1. The molecule has 2 heterocycles. The summed E-state index contributed by atoms with van der Waals surface area (Å²) < 4.78 is 1.28. The fourth-order valence-corrected chi connectivity index (χ4v) is 2.62. The first kappa shape index (κ1) is 11.0. The Balaban J connectivity index is 1.97. The zero-order valence-corrected chi connectivity index (χ0v) is 10.8. The van der Waals surface area contributed by atoms with Crippen LogP contribution in [-0.4, -0.2) is 4.98 Å². The topological polar surface area (TPSA) is 50.9 Å². The van der Waals surface area contributed by atoms with E-state index in [-0.39, 0.29) is 0 Å². The van der Waals surface area contributed by atoms with Crippen LogP contribution in [0, 0.1) is 6.92 Å². The highest BCUT2D eigenvalue weighted by Gasteiger charge is 2.03. The maximum absolute atomic E-state index is 5.91.